The molecule has 10 rings (SSSR count). The van der Waals surface area contributed by atoms with Gasteiger partial charge in [0.25, 0.3) is 0 Å². The predicted molar refractivity (Wildman–Crippen MR) is 249 cm³/mol. The van der Waals surface area contributed by atoms with Gasteiger partial charge in [-0.2, -0.15) is 36.5 Å². The molecule has 8 atom stereocenters. The lowest BCUT2D eigenvalue weighted by atomic mass is 9.48. The third kappa shape index (κ3) is 7.65. The number of carbonyl (C=O) groups excluding carboxylic acids is 4. The maximum absolute atomic E-state index is 15.0. The predicted octanol–water partition coefficient (Wildman–Crippen LogP) is 10.4. The second-order valence-corrected chi connectivity index (χ2v) is 20.1. The monoisotopic (exact) mass is 1040 g/mol. The molecule has 2 aromatic heterocycles. The van der Waals surface area contributed by atoms with Gasteiger partial charge in [0.1, 0.15) is 11.6 Å². The summed E-state index contributed by atoms with van der Waals surface area (Å²) in [7, 11) is 3.86. The van der Waals surface area contributed by atoms with Gasteiger partial charge >= 0.3 is 36.2 Å². The molecule has 20 heteroatoms. The van der Waals surface area contributed by atoms with E-state index in [2.05, 4.69) is 10.2 Å². The summed E-state index contributed by atoms with van der Waals surface area (Å²) in [6, 6.07) is 11.8. The number of hydrogen-bond acceptors (Lipinski definition) is 10. The van der Waals surface area contributed by atoms with E-state index in [-0.39, 0.29) is 50.2 Å². The Morgan fingerprint density at radius 1 is 0.568 bits per heavy atom. The average Bonchev–Trinajstić information content (AvgIpc) is 3.97. The first-order chi connectivity index (χ1) is 35.0. The van der Waals surface area contributed by atoms with Gasteiger partial charge in [-0.1, -0.05) is 48.3 Å². The van der Waals surface area contributed by atoms with Gasteiger partial charge in [-0.25, -0.2) is 18.1 Å². The quantitative estimate of drug-likeness (QED) is 0.0793. The van der Waals surface area contributed by atoms with Crippen LogP contribution in [0.4, 0.5) is 35.1 Å². The van der Waals surface area contributed by atoms with Crippen LogP contribution in [0, 0.1) is 57.0 Å². The number of halogens is 8. The van der Waals surface area contributed by atoms with Crippen LogP contribution in [0.15, 0.2) is 95.4 Å². The van der Waals surface area contributed by atoms with Crippen molar-refractivity contribution in [3.8, 4) is 11.4 Å². The minimum atomic E-state index is -5.05. The Labute approximate surface area is 420 Å². The fourth-order valence-electron chi connectivity index (χ4n) is 13.3. The maximum atomic E-state index is 15.0. The van der Waals surface area contributed by atoms with Gasteiger partial charge in [-0.05, 0) is 123 Å². The summed E-state index contributed by atoms with van der Waals surface area (Å²) in [5.41, 5.74) is -0.366. The summed E-state index contributed by atoms with van der Waals surface area (Å²) < 4.78 is 139. The van der Waals surface area contributed by atoms with E-state index in [9.17, 15) is 54.3 Å². The van der Waals surface area contributed by atoms with Crippen molar-refractivity contribution in [2.75, 3.05) is 28.4 Å². The molecular formula is C54H52F8N4O8. The summed E-state index contributed by atoms with van der Waals surface area (Å²) >= 11 is 0. The standard InChI is InChI=1S/2C27H26F4N2O4/c2*1-25-13-15-14-32-33(18-7-5-17(28)6-8-18)22(15)12-16(25)4-9-20-19(25)10-11-21(23(34)36-2)26(20,24(35)37-3)27(29,30)31/h2*5-8,10,12,14,20-21H,4,9,11,13H2,1-3H3/t20-,21-,25+,26+;20-,21-,25-,26+/m10/s1. The van der Waals surface area contributed by atoms with Gasteiger partial charge in [0.15, 0.2) is 10.8 Å². The first kappa shape index (κ1) is 52.0. The number of rotatable bonds is 6. The summed E-state index contributed by atoms with van der Waals surface area (Å²) in [6.45, 7) is 3.76. The lowest BCUT2D eigenvalue weighted by Crippen LogP contribution is -2.62. The van der Waals surface area contributed by atoms with Gasteiger partial charge in [0, 0.05) is 22.7 Å². The minimum absolute atomic E-state index is 0.00931. The van der Waals surface area contributed by atoms with Crippen LogP contribution in [0.3, 0.4) is 0 Å². The molecule has 74 heavy (non-hydrogen) atoms. The first-order valence-electron chi connectivity index (χ1n) is 23.9. The highest BCUT2D eigenvalue weighted by Gasteiger charge is 2.75. The van der Waals surface area contributed by atoms with Gasteiger partial charge in [0.05, 0.1) is 75.4 Å². The van der Waals surface area contributed by atoms with Crippen LogP contribution in [0.25, 0.3) is 23.5 Å². The molecule has 2 saturated carbocycles. The van der Waals surface area contributed by atoms with E-state index >= 15 is 0 Å². The van der Waals surface area contributed by atoms with Crippen molar-refractivity contribution in [1.29, 1.82) is 0 Å². The summed E-state index contributed by atoms with van der Waals surface area (Å²) in [4.78, 5) is 51.3. The average molecular weight is 1040 g/mol. The van der Waals surface area contributed by atoms with Crippen LogP contribution in [0.1, 0.15) is 74.9 Å². The molecule has 0 spiro atoms. The molecule has 2 heterocycles. The van der Waals surface area contributed by atoms with Crippen molar-refractivity contribution < 1.29 is 73.2 Å². The summed E-state index contributed by atoms with van der Waals surface area (Å²) in [6.07, 6.45) is 1.22. The molecule has 0 unspecified atom stereocenters. The maximum Gasteiger partial charge on any atom is 0.406 e. The Bertz CT molecular complexity index is 2860. The third-order valence-corrected chi connectivity index (χ3v) is 16.8. The molecule has 2 aromatic carbocycles. The Morgan fingerprint density at radius 3 is 1.23 bits per heavy atom. The number of hydrogen-bond donors (Lipinski definition) is 0. The smallest absolute Gasteiger partial charge is 0.406 e. The molecular weight excluding hydrogens is 985 g/mol. The fraction of sp³-hybridized carbons (Fsp3) is 0.444. The van der Waals surface area contributed by atoms with Crippen LogP contribution in [0.2, 0.25) is 0 Å². The molecule has 2 fully saturated rings. The van der Waals surface area contributed by atoms with Crippen molar-refractivity contribution >= 4 is 36.0 Å². The number of methoxy groups -OCH3 is 4. The highest BCUT2D eigenvalue weighted by molar-refractivity contribution is 5.89. The van der Waals surface area contributed by atoms with E-state index in [0.29, 0.717) is 35.4 Å². The number of alkyl halides is 6. The van der Waals surface area contributed by atoms with Gasteiger partial charge in [-0.15, -0.1) is 0 Å². The van der Waals surface area contributed by atoms with Gasteiger partial charge in [0.2, 0.25) is 0 Å². The van der Waals surface area contributed by atoms with E-state index in [0.717, 1.165) is 62.1 Å². The van der Waals surface area contributed by atoms with Gasteiger partial charge in [-0.3, -0.25) is 19.2 Å². The molecule has 0 bridgehead atoms. The molecule has 0 saturated heterocycles. The van der Waals surface area contributed by atoms with E-state index in [1.165, 1.54) is 24.3 Å². The second-order valence-electron chi connectivity index (χ2n) is 20.1. The van der Waals surface area contributed by atoms with Crippen LogP contribution in [-0.2, 0) is 51.0 Å². The zero-order valence-corrected chi connectivity index (χ0v) is 41.1. The van der Waals surface area contributed by atoms with Crippen LogP contribution < -0.4 is 0 Å². The SMILES string of the molecule is COC(=O)[C@@H]1CC=C2[C@H](CCC3=Cc4c(cnn4-c4ccc(F)cc4)C[C@@]32C)[C@@]1(C(=O)OC)C(F)(F)F.COC(=O)[C@H]1CC=C2[C@@H](CCC3=Cc4c(cnn4-c4ccc(F)cc4)C[C@@]32C)[C@]1(C(=O)OC)C(F)(F)F. The molecule has 0 radical (unpaired) electrons. The summed E-state index contributed by atoms with van der Waals surface area (Å²) in [5, 5.41) is 8.92. The molecule has 392 valence electrons. The molecule has 4 aromatic rings. The van der Waals surface area contributed by atoms with Crippen molar-refractivity contribution in [2.24, 2.45) is 45.3 Å². The Hall–Kier alpha value is -6.86. The number of ether oxygens (including phenoxy) is 4. The highest BCUT2D eigenvalue weighted by Crippen LogP contribution is 2.67. The lowest BCUT2D eigenvalue weighted by Gasteiger charge is -2.54. The van der Waals surface area contributed by atoms with Crippen LogP contribution >= 0.6 is 0 Å². The normalized spacial score (nSPS) is 28.7. The number of esters is 4. The largest absolute Gasteiger partial charge is 0.469 e. The number of carbonyl (C=O) groups is 4. The van der Waals surface area contributed by atoms with Crippen molar-refractivity contribution in [3.63, 3.8) is 0 Å². The van der Waals surface area contributed by atoms with Crippen LogP contribution in [-0.4, -0.2) is 84.2 Å². The molecule has 0 N–H and O–H groups in total. The molecule has 12 nitrogen and oxygen atoms in total. The molecule has 0 amide bonds. The number of benzene rings is 2. The number of fused-ring (bicyclic) bond motifs is 8. The summed E-state index contributed by atoms with van der Waals surface area (Å²) in [5.74, 6) is -11.9. The Balaban J connectivity index is 0.000000182. The number of nitrogens with zero attached hydrogens (tertiary/aromatic N) is 4. The number of aromatic nitrogens is 4. The third-order valence-electron chi connectivity index (χ3n) is 16.8. The van der Waals surface area contributed by atoms with Crippen LogP contribution in [0.5, 0.6) is 0 Å². The number of allylic oxidation sites excluding steroid dienone is 6. The minimum Gasteiger partial charge on any atom is -0.469 e. The lowest BCUT2D eigenvalue weighted by molar-refractivity contribution is -0.266. The second kappa shape index (κ2) is 18.5. The van der Waals surface area contributed by atoms with E-state index in [1.807, 2.05) is 26.0 Å². The van der Waals surface area contributed by atoms with Crippen molar-refractivity contribution in [1.82, 2.24) is 19.6 Å². The van der Waals surface area contributed by atoms with Crippen molar-refractivity contribution in [2.45, 2.75) is 77.6 Å². The topological polar surface area (TPSA) is 141 Å². The van der Waals surface area contributed by atoms with E-state index in [4.69, 9.17) is 18.9 Å². The fourth-order valence-corrected chi connectivity index (χ4v) is 13.3. The molecule has 0 aliphatic heterocycles. The first-order valence-corrected chi connectivity index (χ1v) is 23.9. The Morgan fingerprint density at radius 2 is 0.919 bits per heavy atom. The highest BCUT2D eigenvalue weighted by atomic mass is 19.4. The van der Waals surface area contributed by atoms with Gasteiger partial charge < -0.3 is 18.9 Å². The van der Waals surface area contributed by atoms with E-state index < -0.39 is 81.6 Å². The Kier molecular flexibility index (Phi) is 13.0. The molecule has 6 aliphatic carbocycles. The van der Waals surface area contributed by atoms with Crippen molar-refractivity contribution in [3.05, 3.63) is 130 Å². The van der Waals surface area contributed by atoms with E-state index in [1.54, 1.807) is 58.2 Å². The zero-order chi connectivity index (χ0) is 53.5. The molecule has 6 aliphatic rings. The zero-order valence-electron chi connectivity index (χ0n) is 41.1.